The third-order valence-corrected chi connectivity index (χ3v) is 3.00. The molecule has 0 saturated carbocycles. The number of benzene rings is 1. The molecule has 0 radical (unpaired) electrons. The number of hydrogen-bond donors (Lipinski definition) is 1. The smallest absolute Gasteiger partial charge is 0.335 e. The summed E-state index contributed by atoms with van der Waals surface area (Å²) in [5, 5.41) is 9.30. The van der Waals surface area contributed by atoms with Gasteiger partial charge in [-0.3, -0.25) is 0 Å². The maximum atomic E-state index is 11.2. The van der Waals surface area contributed by atoms with E-state index in [1.54, 1.807) is 6.92 Å². The molecule has 0 saturated heterocycles. The zero-order valence-corrected chi connectivity index (χ0v) is 11.7. The van der Waals surface area contributed by atoms with Gasteiger partial charge in [0.15, 0.2) is 0 Å². The zero-order chi connectivity index (χ0) is 14.6. The van der Waals surface area contributed by atoms with Crippen LogP contribution in [0.25, 0.3) is 0 Å². The predicted octanol–water partition coefficient (Wildman–Crippen LogP) is 3.35. The highest BCUT2D eigenvalue weighted by molar-refractivity contribution is 6.36. The predicted molar refractivity (Wildman–Crippen MR) is 72.9 cm³/mol. The SMILES string of the molecule is C=C(C)C(=O)OCCc1c(Cl)cc(C(=O)O)cc1Cl. The molecule has 1 N–H and O–H groups in total. The molecule has 102 valence electrons. The second-order valence-corrected chi connectivity index (χ2v) is 4.70. The van der Waals surface area contributed by atoms with E-state index in [0.717, 1.165) is 0 Å². The molecule has 1 rings (SSSR count). The summed E-state index contributed by atoms with van der Waals surface area (Å²) in [6.45, 7) is 5.10. The minimum atomic E-state index is -1.11. The van der Waals surface area contributed by atoms with E-state index >= 15 is 0 Å². The minimum Gasteiger partial charge on any atom is -0.478 e. The average Bonchev–Trinajstić information content (AvgIpc) is 2.31. The van der Waals surface area contributed by atoms with Gasteiger partial charge in [-0.1, -0.05) is 29.8 Å². The van der Waals surface area contributed by atoms with Gasteiger partial charge in [0, 0.05) is 22.0 Å². The first-order valence-corrected chi connectivity index (χ1v) is 6.12. The highest BCUT2D eigenvalue weighted by atomic mass is 35.5. The number of carbonyl (C=O) groups is 2. The van der Waals surface area contributed by atoms with Crippen LogP contribution >= 0.6 is 23.2 Å². The number of carboxylic acid groups (broad SMARTS) is 1. The van der Waals surface area contributed by atoms with Crippen LogP contribution < -0.4 is 0 Å². The molecule has 0 aliphatic rings. The summed E-state index contributed by atoms with van der Waals surface area (Å²) in [5.41, 5.74) is 0.860. The fraction of sp³-hybridized carbons (Fsp3) is 0.231. The fourth-order valence-electron chi connectivity index (χ4n) is 1.33. The van der Waals surface area contributed by atoms with E-state index in [1.807, 2.05) is 0 Å². The van der Waals surface area contributed by atoms with Gasteiger partial charge < -0.3 is 9.84 Å². The number of aromatic carboxylic acids is 1. The standard InChI is InChI=1S/C13H12Cl2O4/c1-7(2)13(18)19-4-3-9-10(14)5-8(12(16)17)6-11(9)15/h5-6H,1,3-4H2,2H3,(H,16,17). The number of esters is 1. The first-order chi connectivity index (χ1) is 8.82. The minimum absolute atomic E-state index is 0.0117. The number of carboxylic acids is 1. The van der Waals surface area contributed by atoms with Gasteiger partial charge in [0.05, 0.1) is 12.2 Å². The number of rotatable bonds is 5. The van der Waals surface area contributed by atoms with Gasteiger partial charge in [-0.15, -0.1) is 0 Å². The van der Waals surface area contributed by atoms with Crippen LogP contribution in [0.1, 0.15) is 22.8 Å². The van der Waals surface area contributed by atoms with Gasteiger partial charge in [-0.2, -0.15) is 0 Å². The molecule has 1 aromatic rings. The van der Waals surface area contributed by atoms with Crippen molar-refractivity contribution in [2.75, 3.05) is 6.61 Å². The molecule has 0 amide bonds. The van der Waals surface area contributed by atoms with Gasteiger partial charge in [0.1, 0.15) is 0 Å². The normalized spacial score (nSPS) is 10.1. The summed E-state index contributed by atoms with van der Waals surface area (Å²) in [4.78, 5) is 22.0. The zero-order valence-electron chi connectivity index (χ0n) is 10.2. The highest BCUT2D eigenvalue weighted by Crippen LogP contribution is 2.27. The van der Waals surface area contributed by atoms with Crippen molar-refractivity contribution in [3.63, 3.8) is 0 Å². The Morgan fingerprint density at radius 1 is 1.32 bits per heavy atom. The summed E-state index contributed by atoms with van der Waals surface area (Å²) in [6, 6.07) is 2.62. The Morgan fingerprint density at radius 3 is 2.26 bits per heavy atom. The van der Waals surface area contributed by atoms with Gasteiger partial charge in [0.2, 0.25) is 0 Å². The monoisotopic (exact) mass is 302 g/mol. The van der Waals surface area contributed by atoms with E-state index in [0.29, 0.717) is 17.6 Å². The molecule has 1 aromatic carbocycles. The van der Waals surface area contributed by atoms with Crippen LogP contribution in [0.15, 0.2) is 24.3 Å². The molecule has 0 atom stereocenters. The molecule has 0 aliphatic carbocycles. The molecule has 0 aromatic heterocycles. The molecular formula is C13H12Cl2O4. The van der Waals surface area contributed by atoms with E-state index in [2.05, 4.69) is 6.58 Å². The Labute approximate surface area is 120 Å². The molecule has 0 aliphatic heterocycles. The maximum Gasteiger partial charge on any atom is 0.335 e. The first kappa shape index (κ1) is 15.5. The van der Waals surface area contributed by atoms with E-state index in [4.69, 9.17) is 33.0 Å². The molecule has 0 spiro atoms. The average molecular weight is 303 g/mol. The van der Waals surface area contributed by atoms with Crippen molar-refractivity contribution < 1.29 is 19.4 Å². The van der Waals surface area contributed by atoms with Gasteiger partial charge in [-0.05, 0) is 24.6 Å². The lowest BCUT2D eigenvalue weighted by Gasteiger charge is -2.09. The Morgan fingerprint density at radius 2 is 1.84 bits per heavy atom. The largest absolute Gasteiger partial charge is 0.478 e. The number of carbonyl (C=O) groups excluding carboxylic acids is 1. The summed E-state index contributed by atoms with van der Waals surface area (Å²) in [6.07, 6.45) is 0.302. The fourth-order valence-corrected chi connectivity index (χ4v) is 2.01. The Kier molecular flexibility index (Phi) is 5.39. The van der Waals surface area contributed by atoms with Crippen LogP contribution in [0.2, 0.25) is 10.0 Å². The Hall–Kier alpha value is -1.52. The summed E-state index contributed by atoms with van der Waals surface area (Å²) >= 11 is 11.9. The molecule has 4 nitrogen and oxygen atoms in total. The molecule has 19 heavy (non-hydrogen) atoms. The van der Waals surface area contributed by atoms with Crippen molar-refractivity contribution in [3.8, 4) is 0 Å². The summed E-state index contributed by atoms with van der Waals surface area (Å²) in [7, 11) is 0. The molecular weight excluding hydrogens is 291 g/mol. The van der Waals surface area contributed by atoms with Crippen molar-refractivity contribution in [1.29, 1.82) is 0 Å². The lowest BCUT2D eigenvalue weighted by molar-refractivity contribution is -0.138. The van der Waals surface area contributed by atoms with E-state index < -0.39 is 11.9 Å². The molecule has 0 fully saturated rings. The number of hydrogen-bond acceptors (Lipinski definition) is 3. The summed E-state index contributed by atoms with van der Waals surface area (Å²) < 4.78 is 4.92. The van der Waals surface area contributed by atoms with Gasteiger partial charge in [0.25, 0.3) is 0 Å². The molecule has 0 unspecified atom stereocenters. The van der Waals surface area contributed by atoms with Crippen LogP contribution in [0.5, 0.6) is 0 Å². The summed E-state index contributed by atoms with van der Waals surface area (Å²) in [5.74, 6) is -1.60. The maximum absolute atomic E-state index is 11.2. The first-order valence-electron chi connectivity index (χ1n) is 5.36. The van der Waals surface area contributed by atoms with Crippen molar-refractivity contribution in [3.05, 3.63) is 45.5 Å². The van der Waals surface area contributed by atoms with Crippen LogP contribution in [0, 0.1) is 0 Å². The third kappa shape index (κ3) is 4.26. The lowest BCUT2D eigenvalue weighted by Crippen LogP contribution is -2.09. The van der Waals surface area contributed by atoms with E-state index in [-0.39, 0.29) is 22.2 Å². The van der Waals surface area contributed by atoms with Crippen LogP contribution in [0.3, 0.4) is 0 Å². The Bertz CT molecular complexity index is 514. The van der Waals surface area contributed by atoms with E-state index in [9.17, 15) is 9.59 Å². The lowest BCUT2D eigenvalue weighted by atomic mass is 10.1. The topological polar surface area (TPSA) is 63.6 Å². The van der Waals surface area contributed by atoms with Crippen LogP contribution in [0.4, 0.5) is 0 Å². The van der Waals surface area contributed by atoms with Crippen LogP contribution in [-0.2, 0) is 16.0 Å². The number of ether oxygens (including phenoxy) is 1. The molecule has 6 heteroatoms. The quantitative estimate of drug-likeness (QED) is 0.669. The molecule has 0 bridgehead atoms. The second kappa shape index (κ2) is 6.59. The Balaban J connectivity index is 2.77. The third-order valence-electron chi connectivity index (χ3n) is 2.32. The van der Waals surface area contributed by atoms with Crippen LogP contribution in [-0.4, -0.2) is 23.7 Å². The highest BCUT2D eigenvalue weighted by Gasteiger charge is 2.13. The van der Waals surface area contributed by atoms with E-state index in [1.165, 1.54) is 12.1 Å². The number of halogens is 2. The molecule has 0 heterocycles. The second-order valence-electron chi connectivity index (χ2n) is 3.89. The van der Waals surface area contributed by atoms with Crippen molar-refractivity contribution in [1.82, 2.24) is 0 Å². The van der Waals surface area contributed by atoms with Crippen molar-refractivity contribution in [2.24, 2.45) is 0 Å². The van der Waals surface area contributed by atoms with Crippen molar-refractivity contribution in [2.45, 2.75) is 13.3 Å². The van der Waals surface area contributed by atoms with Crippen molar-refractivity contribution >= 4 is 35.1 Å². The van der Waals surface area contributed by atoms with Gasteiger partial charge in [-0.25, -0.2) is 9.59 Å². The van der Waals surface area contributed by atoms with Gasteiger partial charge >= 0.3 is 11.9 Å².